The van der Waals surface area contributed by atoms with E-state index in [2.05, 4.69) is 0 Å². The van der Waals surface area contributed by atoms with Crippen LogP contribution in [0, 0.1) is 23.2 Å². The molecule has 2 atom stereocenters. The number of carbonyl (C=O) groups excluding carboxylic acids is 1. The molecule has 76 valence electrons. The summed E-state index contributed by atoms with van der Waals surface area (Å²) < 4.78 is 0. The van der Waals surface area contributed by atoms with Crippen molar-refractivity contribution < 1.29 is 4.79 Å². The molecule has 2 rings (SSSR count). The second-order valence-electron chi connectivity index (χ2n) is 4.44. The van der Waals surface area contributed by atoms with Crippen LogP contribution in [0.4, 0.5) is 0 Å². The summed E-state index contributed by atoms with van der Waals surface area (Å²) in [7, 11) is 0. The van der Waals surface area contributed by atoms with Crippen molar-refractivity contribution >= 4 is 5.91 Å². The molecule has 1 saturated heterocycles. The standard InChI is InChI=1S/C11H16N2O/c12-6-5-11(14)13-7-9-3-1-2-4-10(9)8-13/h9-10H,1-5,7-8H2/t9-,10+. The Bertz CT molecular complexity index is 255. The van der Waals surface area contributed by atoms with E-state index >= 15 is 0 Å². The highest BCUT2D eigenvalue weighted by molar-refractivity contribution is 5.78. The maximum Gasteiger partial charge on any atom is 0.236 e. The van der Waals surface area contributed by atoms with E-state index in [9.17, 15) is 4.79 Å². The van der Waals surface area contributed by atoms with E-state index in [0.717, 1.165) is 24.9 Å². The van der Waals surface area contributed by atoms with Gasteiger partial charge in [-0.1, -0.05) is 12.8 Å². The van der Waals surface area contributed by atoms with Gasteiger partial charge in [0, 0.05) is 13.1 Å². The summed E-state index contributed by atoms with van der Waals surface area (Å²) in [4.78, 5) is 13.4. The molecular weight excluding hydrogens is 176 g/mol. The second-order valence-corrected chi connectivity index (χ2v) is 4.44. The molecule has 3 heteroatoms. The Hall–Kier alpha value is -1.04. The second kappa shape index (κ2) is 4.00. The summed E-state index contributed by atoms with van der Waals surface area (Å²) in [6, 6.07) is 1.93. The van der Waals surface area contributed by atoms with Crippen molar-refractivity contribution in [3.05, 3.63) is 0 Å². The van der Waals surface area contributed by atoms with Crippen molar-refractivity contribution in [2.75, 3.05) is 13.1 Å². The minimum Gasteiger partial charge on any atom is -0.341 e. The lowest BCUT2D eigenvalue weighted by atomic mass is 9.82. The molecule has 1 saturated carbocycles. The van der Waals surface area contributed by atoms with Gasteiger partial charge in [0.2, 0.25) is 5.91 Å². The third-order valence-corrected chi connectivity index (χ3v) is 3.56. The highest BCUT2D eigenvalue weighted by Gasteiger charge is 2.35. The highest BCUT2D eigenvalue weighted by Crippen LogP contribution is 2.36. The van der Waals surface area contributed by atoms with Crippen LogP contribution in [0.3, 0.4) is 0 Å². The van der Waals surface area contributed by atoms with Crippen LogP contribution < -0.4 is 0 Å². The number of nitrogens with zero attached hydrogens (tertiary/aromatic N) is 2. The maximum absolute atomic E-state index is 11.5. The fraction of sp³-hybridized carbons (Fsp3) is 0.818. The Kier molecular flexibility index (Phi) is 2.72. The van der Waals surface area contributed by atoms with E-state index < -0.39 is 0 Å². The molecule has 14 heavy (non-hydrogen) atoms. The zero-order valence-electron chi connectivity index (χ0n) is 8.41. The predicted molar refractivity (Wildman–Crippen MR) is 52.3 cm³/mol. The fourth-order valence-corrected chi connectivity index (χ4v) is 2.79. The highest BCUT2D eigenvalue weighted by atomic mass is 16.2. The van der Waals surface area contributed by atoms with Crippen LogP contribution in [0.1, 0.15) is 32.1 Å². The first-order valence-electron chi connectivity index (χ1n) is 5.46. The molecule has 0 aromatic rings. The topological polar surface area (TPSA) is 44.1 Å². The number of rotatable bonds is 1. The summed E-state index contributed by atoms with van der Waals surface area (Å²) in [5.41, 5.74) is 0. The summed E-state index contributed by atoms with van der Waals surface area (Å²) >= 11 is 0. The molecule has 1 aliphatic carbocycles. The van der Waals surface area contributed by atoms with Gasteiger partial charge >= 0.3 is 0 Å². The van der Waals surface area contributed by atoms with Gasteiger partial charge in [0.25, 0.3) is 0 Å². The van der Waals surface area contributed by atoms with Crippen LogP contribution >= 0.6 is 0 Å². The number of carbonyl (C=O) groups is 1. The monoisotopic (exact) mass is 192 g/mol. The van der Waals surface area contributed by atoms with E-state index in [1.54, 1.807) is 0 Å². The fourth-order valence-electron chi connectivity index (χ4n) is 2.79. The Morgan fingerprint density at radius 1 is 1.29 bits per heavy atom. The SMILES string of the molecule is N#CCC(=O)N1C[C@H]2CCCC[C@H]2C1. The quantitative estimate of drug-likeness (QED) is 0.632. The van der Waals surface area contributed by atoms with E-state index in [0.29, 0.717) is 0 Å². The Labute approximate surface area is 84.7 Å². The van der Waals surface area contributed by atoms with Crippen LogP contribution in [0.2, 0.25) is 0 Å². The zero-order chi connectivity index (χ0) is 9.97. The summed E-state index contributed by atoms with van der Waals surface area (Å²) in [6.07, 6.45) is 5.25. The minimum atomic E-state index is 0.0295. The van der Waals surface area contributed by atoms with Crippen molar-refractivity contribution in [3.63, 3.8) is 0 Å². The third-order valence-electron chi connectivity index (χ3n) is 3.56. The van der Waals surface area contributed by atoms with E-state index in [1.807, 2.05) is 11.0 Å². The first-order valence-corrected chi connectivity index (χ1v) is 5.46. The maximum atomic E-state index is 11.5. The summed E-state index contributed by atoms with van der Waals surface area (Å²) in [5.74, 6) is 1.49. The average Bonchev–Trinajstić information content (AvgIpc) is 2.61. The van der Waals surface area contributed by atoms with Crippen molar-refractivity contribution in [1.82, 2.24) is 4.90 Å². The third kappa shape index (κ3) is 1.75. The average molecular weight is 192 g/mol. The molecule has 0 aromatic heterocycles. The minimum absolute atomic E-state index is 0.0295. The molecule has 0 aromatic carbocycles. The van der Waals surface area contributed by atoms with Gasteiger partial charge in [0.1, 0.15) is 6.42 Å². The molecule has 0 unspecified atom stereocenters. The van der Waals surface area contributed by atoms with Gasteiger partial charge < -0.3 is 4.90 Å². The van der Waals surface area contributed by atoms with Gasteiger partial charge in [-0.2, -0.15) is 5.26 Å². The number of hydrogen-bond donors (Lipinski definition) is 0. The summed E-state index contributed by atoms with van der Waals surface area (Å²) in [5, 5.41) is 8.46. The summed E-state index contributed by atoms with van der Waals surface area (Å²) in [6.45, 7) is 1.82. The molecule has 2 fully saturated rings. The lowest BCUT2D eigenvalue weighted by Crippen LogP contribution is -2.28. The van der Waals surface area contributed by atoms with Crippen LogP contribution in [-0.2, 0) is 4.79 Å². The van der Waals surface area contributed by atoms with Gasteiger partial charge in [0.15, 0.2) is 0 Å². The number of fused-ring (bicyclic) bond motifs is 1. The molecule has 3 nitrogen and oxygen atoms in total. The van der Waals surface area contributed by atoms with Gasteiger partial charge in [-0.25, -0.2) is 0 Å². The molecule has 0 N–H and O–H groups in total. The number of amides is 1. The molecule has 1 amide bonds. The van der Waals surface area contributed by atoms with Crippen molar-refractivity contribution in [1.29, 1.82) is 5.26 Å². The van der Waals surface area contributed by atoms with E-state index in [-0.39, 0.29) is 12.3 Å². The Balaban J connectivity index is 1.93. The zero-order valence-corrected chi connectivity index (χ0v) is 8.41. The Morgan fingerprint density at radius 3 is 2.36 bits per heavy atom. The molecule has 1 aliphatic heterocycles. The molecule has 1 heterocycles. The van der Waals surface area contributed by atoms with Gasteiger partial charge in [0.05, 0.1) is 6.07 Å². The van der Waals surface area contributed by atoms with Gasteiger partial charge in [-0.3, -0.25) is 4.79 Å². The largest absolute Gasteiger partial charge is 0.341 e. The molecule has 0 radical (unpaired) electrons. The number of hydrogen-bond acceptors (Lipinski definition) is 2. The number of nitriles is 1. The number of likely N-dealkylation sites (tertiary alicyclic amines) is 1. The molecule has 2 aliphatic rings. The molecular formula is C11H16N2O. The Morgan fingerprint density at radius 2 is 1.86 bits per heavy atom. The first-order chi connectivity index (χ1) is 6.81. The van der Waals surface area contributed by atoms with Crippen LogP contribution in [-0.4, -0.2) is 23.9 Å². The lowest BCUT2D eigenvalue weighted by Gasteiger charge is -2.22. The smallest absolute Gasteiger partial charge is 0.236 e. The molecule has 0 bridgehead atoms. The van der Waals surface area contributed by atoms with E-state index in [1.165, 1.54) is 25.7 Å². The van der Waals surface area contributed by atoms with Crippen molar-refractivity contribution in [2.24, 2.45) is 11.8 Å². The van der Waals surface area contributed by atoms with Crippen molar-refractivity contribution in [2.45, 2.75) is 32.1 Å². The predicted octanol–water partition coefficient (Wildman–Crippen LogP) is 1.55. The first kappa shape index (κ1) is 9.51. The van der Waals surface area contributed by atoms with Gasteiger partial charge in [-0.05, 0) is 24.7 Å². The van der Waals surface area contributed by atoms with E-state index in [4.69, 9.17) is 5.26 Å². The van der Waals surface area contributed by atoms with Crippen LogP contribution in [0.25, 0.3) is 0 Å². The lowest BCUT2D eigenvalue weighted by molar-refractivity contribution is -0.129. The van der Waals surface area contributed by atoms with Crippen LogP contribution in [0.15, 0.2) is 0 Å². The molecule has 0 spiro atoms. The van der Waals surface area contributed by atoms with Crippen LogP contribution in [0.5, 0.6) is 0 Å². The normalized spacial score (nSPS) is 30.9. The van der Waals surface area contributed by atoms with Crippen molar-refractivity contribution in [3.8, 4) is 6.07 Å². The van der Waals surface area contributed by atoms with Gasteiger partial charge in [-0.15, -0.1) is 0 Å².